The maximum absolute atomic E-state index is 11.5. The van der Waals surface area contributed by atoms with Crippen LogP contribution in [0.3, 0.4) is 0 Å². The van der Waals surface area contributed by atoms with Crippen LogP contribution in [0.4, 0.5) is 0 Å². The quantitative estimate of drug-likeness (QED) is 0.467. The Balaban J connectivity index is 3.60. The predicted molar refractivity (Wildman–Crippen MR) is 57.7 cm³/mol. The summed E-state index contributed by atoms with van der Waals surface area (Å²) < 4.78 is 0. The molecular weight excluding hydrogens is 160 g/mol. The van der Waals surface area contributed by atoms with E-state index in [0.717, 1.165) is 12.8 Å². The third kappa shape index (κ3) is 6.32. The second-order valence-corrected chi connectivity index (χ2v) is 4.23. The van der Waals surface area contributed by atoms with E-state index in [2.05, 4.69) is 6.58 Å². The molecule has 74 valence electrons. The fourth-order valence-electron chi connectivity index (χ4n) is 0.948. The number of hydrogen-bond acceptors (Lipinski definition) is 1. The first-order valence-electron chi connectivity index (χ1n) is 4.79. The van der Waals surface area contributed by atoms with Gasteiger partial charge in [-0.1, -0.05) is 45.6 Å². The summed E-state index contributed by atoms with van der Waals surface area (Å²) in [4.78, 5) is 11.5. The van der Waals surface area contributed by atoms with E-state index in [9.17, 15) is 4.79 Å². The maximum atomic E-state index is 11.5. The molecule has 1 heteroatoms. The van der Waals surface area contributed by atoms with Gasteiger partial charge < -0.3 is 0 Å². The summed E-state index contributed by atoms with van der Waals surface area (Å²) in [7, 11) is 0. The molecule has 0 aromatic heterocycles. The van der Waals surface area contributed by atoms with Gasteiger partial charge in [0.1, 0.15) is 5.78 Å². The normalized spacial score (nSPS) is 11.9. The predicted octanol–water partition coefficient (Wildman–Crippen LogP) is 3.51. The molecule has 0 aliphatic carbocycles. The van der Waals surface area contributed by atoms with Gasteiger partial charge in [0.15, 0.2) is 0 Å². The van der Waals surface area contributed by atoms with E-state index in [1.165, 1.54) is 0 Å². The first-order valence-corrected chi connectivity index (χ1v) is 4.79. The largest absolute Gasteiger partial charge is 0.299 e. The highest BCUT2D eigenvalue weighted by Crippen LogP contribution is 2.18. The zero-order chi connectivity index (χ0) is 10.3. The standard InChI is InChI=1S/C12H20O/c1-5-6-7-8-9-10-11(13)12(2,3)4/h5-7H,1,8-10H2,2-4H3/b7-6-. The van der Waals surface area contributed by atoms with Crippen molar-refractivity contribution < 1.29 is 4.79 Å². The number of ketones is 1. The van der Waals surface area contributed by atoms with E-state index >= 15 is 0 Å². The van der Waals surface area contributed by atoms with E-state index in [0.29, 0.717) is 12.2 Å². The summed E-state index contributed by atoms with van der Waals surface area (Å²) in [5, 5.41) is 0. The van der Waals surface area contributed by atoms with Crippen LogP contribution in [0.1, 0.15) is 40.0 Å². The molecule has 0 aliphatic heterocycles. The van der Waals surface area contributed by atoms with Crippen molar-refractivity contribution >= 4 is 5.78 Å². The van der Waals surface area contributed by atoms with E-state index in [1.807, 2.05) is 32.9 Å². The van der Waals surface area contributed by atoms with Gasteiger partial charge in [0.25, 0.3) is 0 Å². The molecule has 0 fully saturated rings. The molecule has 0 heterocycles. The lowest BCUT2D eigenvalue weighted by Gasteiger charge is -2.15. The molecular formula is C12H20O. The van der Waals surface area contributed by atoms with Crippen molar-refractivity contribution in [2.24, 2.45) is 5.41 Å². The Labute approximate surface area is 81.5 Å². The van der Waals surface area contributed by atoms with Crippen LogP contribution in [-0.2, 0) is 4.79 Å². The Kier molecular flexibility index (Phi) is 5.36. The molecule has 0 saturated heterocycles. The molecule has 0 atom stereocenters. The number of allylic oxidation sites excluding steroid dienone is 3. The number of hydrogen-bond donors (Lipinski definition) is 0. The van der Waals surface area contributed by atoms with Gasteiger partial charge in [-0.05, 0) is 12.8 Å². The van der Waals surface area contributed by atoms with Crippen molar-refractivity contribution in [3.63, 3.8) is 0 Å². The second-order valence-electron chi connectivity index (χ2n) is 4.23. The average Bonchev–Trinajstić information content (AvgIpc) is 2.02. The summed E-state index contributed by atoms with van der Waals surface area (Å²) in [6, 6.07) is 0. The van der Waals surface area contributed by atoms with Gasteiger partial charge in [-0.25, -0.2) is 0 Å². The molecule has 0 saturated carbocycles. The number of carbonyl (C=O) groups excluding carboxylic acids is 1. The van der Waals surface area contributed by atoms with Crippen molar-refractivity contribution in [3.05, 3.63) is 24.8 Å². The fourth-order valence-corrected chi connectivity index (χ4v) is 0.948. The molecule has 0 spiro atoms. The van der Waals surface area contributed by atoms with E-state index in [-0.39, 0.29) is 5.41 Å². The van der Waals surface area contributed by atoms with Crippen molar-refractivity contribution in [1.29, 1.82) is 0 Å². The van der Waals surface area contributed by atoms with E-state index < -0.39 is 0 Å². The Hall–Kier alpha value is -0.850. The zero-order valence-corrected chi connectivity index (χ0v) is 8.97. The lowest BCUT2D eigenvalue weighted by atomic mass is 9.88. The first-order chi connectivity index (χ1) is 5.98. The van der Waals surface area contributed by atoms with Gasteiger partial charge in [0.2, 0.25) is 0 Å². The summed E-state index contributed by atoms with van der Waals surface area (Å²) >= 11 is 0. The highest BCUT2D eigenvalue weighted by atomic mass is 16.1. The van der Waals surface area contributed by atoms with Gasteiger partial charge in [0.05, 0.1) is 0 Å². The lowest BCUT2D eigenvalue weighted by molar-refractivity contribution is -0.126. The summed E-state index contributed by atoms with van der Waals surface area (Å²) in [6.45, 7) is 9.48. The Bertz CT molecular complexity index is 194. The molecule has 0 aliphatic rings. The molecule has 0 radical (unpaired) electrons. The number of unbranched alkanes of at least 4 members (excludes halogenated alkanes) is 1. The smallest absolute Gasteiger partial charge is 0.138 e. The Morgan fingerprint density at radius 1 is 1.38 bits per heavy atom. The molecule has 0 bridgehead atoms. The van der Waals surface area contributed by atoms with Crippen molar-refractivity contribution in [2.45, 2.75) is 40.0 Å². The van der Waals surface area contributed by atoms with E-state index in [4.69, 9.17) is 0 Å². The van der Waals surface area contributed by atoms with Gasteiger partial charge in [-0.15, -0.1) is 0 Å². The fraction of sp³-hybridized carbons (Fsp3) is 0.583. The Morgan fingerprint density at radius 3 is 2.46 bits per heavy atom. The molecule has 0 unspecified atom stereocenters. The summed E-state index contributed by atoms with van der Waals surface area (Å²) in [6.07, 6.45) is 8.31. The molecule has 0 aromatic rings. The van der Waals surface area contributed by atoms with Crippen molar-refractivity contribution in [1.82, 2.24) is 0 Å². The van der Waals surface area contributed by atoms with Gasteiger partial charge in [0, 0.05) is 11.8 Å². The molecule has 13 heavy (non-hydrogen) atoms. The molecule has 0 aromatic carbocycles. The second kappa shape index (κ2) is 5.74. The van der Waals surface area contributed by atoms with Crippen LogP contribution < -0.4 is 0 Å². The minimum atomic E-state index is -0.178. The summed E-state index contributed by atoms with van der Waals surface area (Å²) in [5.74, 6) is 0.347. The van der Waals surface area contributed by atoms with Gasteiger partial charge in [-0.3, -0.25) is 4.79 Å². The Morgan fingerprint density at radius 2 is 2.00 bits per heavy atom. The number of rotatable bonds is 5. The third-order valence-corrected chi connectivity index (χ3v) is 1.88. The van der Waals surface area contributed by atoms with Crippen LogP contribution in [0, 0.1) is 5.41 Å². The van der Waals surface area contributed by atoms with Crippen LogP contribution in [0.2, 0.25) is 0 Å². The SMILES string of the molecule is C=C/C=C\CCCC(=O)C(C)(C)C. The lowest BCUT2D eigenvalue weighted by Crippen LogP contribution is -2.19. The third-order valence-electron chi connectivity index (χ3n) is 1.88. The monoisotopic (exact) mass is 180 g/mol. The minimum absolute atomic E-state index is 0.178. The minimum Gasteiger partial charge on any atom is -0.299 e. The van der Waals surface area contributed by atoms with Crippen LogP contribution in [0.25, 0.3) is 0 Å². The highest BCUT2D eigenvalue weighted by Gasteiger charge is 2.19. The van der Waals surface area contributed by atoms with Crippen LogP contribution in [0.15, 0.2) is 24.8 Å². The van der Waals surface area contributed by atoms with E-state index in [1.54, 1.807) is 6.08 Å². The van der Waals surface area contributed by atoms with Gasteiger partial charge in [-0.2, -0.15) is 0 Å². The maximum Gasteiger partial charge on any atom is 0.138 e. The summed E-state index contributed by atoms with van der Waals surface area (Å²) in [5.41, 5.74) is -0.178. The molecule has 0 amide bonds. The van der Waals surface area contributed by atoms with Crippen LogP contribution >= 0.6 is 0 Å². The van der Waals surface area contributed by atoms with Gasteiger partial charge >= 0.3 is 0 Å². The topological polar surface area (TPSA) is 17.1 Å². The first kappa shape index (κ1) is 12.2. The molecule has 1 nitrogen and oxygen atoms in total. The van der Waals surface area contributed by atoms with Crippen LogP contribution in [0.5, 0.6) is 0 Å². The van der Waals surface area contributed by atoms with Crippen molar-refractivity contribution in [3.8, 4) is 0 Å². The zero-order valence-electron chi connectivity index (χ0n) is 8.97. The number of Topliss-reactive ketones (excluding diaryl/α,β-unsaturated/α-hetero) is 1. The highest BCUT2D eigenvalue weighted by molar-refractivity contribution is 5.83. The van der Waals surface area contributed by atoms with Crippen LogP contribution in [-0.4, -0.2) is 5.78 Å². The molecule has 0 N–H and O–H groups in total. The average molecular weight is 180 g/mol. The number of carbonyl (C=O) groups is 1. The molecule has 0 rings (SSSR count). The van der Waals surface area contributed by atoms with Crippen molar-refractivity contribution in [2.75, 3.05) is 0 Å².